The lowest BCUT2D eigenvalue weighted by atomic mass is 9.67. The van der Waals surface area contributed by atoms with Crippen LogP contribution in [0, 0.1) is 5.92 Å². The van der Waals surface area contributed by atoms with Crippen molar-refractivity contribution in [3.05, 3.63) is 112 Å². The summed E-state index contributed by atoms with van der Waals surface area (Å²) in [6.45, 7) is 3.17. The maximum absolute atomic E-state index is 14.8. The van der Waals surface area contributed by atoms with Crippen LogP contribution >= 0.6 is 0 Å². The standard InChI is InChI=1S/C34H32F3N3O6/c1-4-45-32(42)27-24(19-9-6-13-23(15-19)44-3)17-25-28(30(27)41)26(20-10-8-14-39-18-20)29(33(43)46-5-2)31(38)40(25)22-12-7-11-21(16-22)34(35,36)37/h6-16,18,24,26-27H,4-5,17,38H2,1-3H3/t24-,26+,27-/m1/s1. The minimum atomic E-state index is -4.69. The fraction of sp³-hybridized carbons (Fsp3) is 0.294. The van der Waals surface area contributed by atoms with Gasteiger partial charge in [0, 0.05) is 35.3 Å². The van der Waals surface area contributed by atoms with E-state index in [-0.39, 0.29) is 48.0 Å². The molecule has 0 unspecified atom stereocenters. The lowest BCUT2D eigenvalue weighted by Crippen LogP contribution is -2.46. The highest BCUT2D eigenvalue weighted by Gasteiger charge is 2.51. The smallest absolute Gasteiger partial charge is 0.416 e. The van der Waals surface area contributed by atoms with Gasteiger partial charge in [-0.05, 0) is 67.8 Å². The zero-order chi connectivity index (χ0) is 33.2. The van der Waals surface area contributed by atoms with Gasteiger partial charge in [0.15, 0.2) is 5.78 Å². The van der Waals surface area contributed by atoms with Crippen molar-refractivity contribution < 1.29 is 41.8 Å². The van der Waals surface area contributed by atoms with Gasteiger partial charge in [-0.25, -0.2) is 4.79 Å². The van der Waals surface area contributed by atoms with E-state index in [1.54, 1.807) is 50.2 Å². The summed E-state index contributed by atoms with van der Waals surface area (Å²) in [6.07, 6.45) is -1.75. The molecule has 0 bridgehead atoms. The second-order valence-corrected chi connectivity index (χ2v) is 10.7. The van der Waals surface area contributed by atoms with Crippen molar-refractivity contribution in [2.24, 2.45) is 11.7 Å². The molecule has 0 radical (unpaired) electrons. The number of halogens is 3. The normalized spacial score (nSPS) is 19.9. The molecule has 0 spiro atoms. The molecule has 0 amide bonds. The van der Waals surface area contributed by atoms with Crippen LogP contribution in [0.25, 0.3) is 0 Å². The molecule has 2 aliphatic rings. The number of nitrogens with two attached hydrogens (primary N) is 1. The van der Waals surface area contributed by atoms with E-state index in [1.165, 1.54) is 36.5 Å². The minimum absolute atomic E-state index is 0.00265. The van der Waals surface area contributed by atoms with Crippen molar-refractivity contribution in [2.75, 3.05) is 25.2 Å². The number of alkyl halides is 3. The van der Waals surface area contributed by atoms with Gasteiger partial charge in [-0.3, -0.25) is 19.5 Å². The number of nitrogens with zero attached hydrogens (tertiary/aromatic N) is 2. The SMILES string of the molecule is CCOC(=O)C1=C(N)N(c2cccc(C(F)(F)F)c2)C2=C(C(=O)[C@H](C(=O)OCC)[C@@H](c3cccc(OC)c3)C2)[C@@H]1c1cccnc1. The first-order valence-corrected chi connectivity index (χ1v) is 14.6. The second kappa shape index (κ2) is 13.1. The van der Waals surface area contributed by atoms with Gasteiger partial charge in [-0.15, -0.1) is 0 Å². The number of aromatic nitrogens is 1. The van der Waals surface area contributed by atoms with Crippen molar-refractivity contribution in [2.45, 2.75) is 38.3 Å². The molecule has 5 rings (SSSR count). The van der Waals surface area contributed by atoms with Crippen molar-refractivity contribution in [1.29, 1.82) is 0 Å². The molecule has 0 fully saturated rings. The third kappa shape index (κ3) is 5.94. The number of hydrogen-bond donors (Lipinski definition) is 1. The highest BCUT2D eigenvalue weighted by molar-refractivity contribution is 6.14. The van der Waals surface area contributed by atoms with Gasteiger partial charge < -0.3 is 19.9 Å². The van der Waals surface area contributed by atoms with E-state index in [2.05, 4.69) is 4.98 Å². The van der Waals surface area contributed by atoms with E-state index in [9.17, 15) is 27.6 Å². The molecule has 2 N–H and O–H groups in total. The van der Waals surface area contributed by atoms with Gasteiger partial charge >= 0.3 is 18.1 Å². The number of Topliss-reactive ketones (excluding diaryl/α,β-unsaturated/α-hetero) is 1. The molecule has 0 saturated carbocycles. The van der Waals surface area contributed by atoms with Crippen molar-refractivity contribution in [3.8, 4) is 5.75 Å². The number of carbonyl (C=O) groups excluding carboxylic acids is 3. The van der Waals surface area contributed by atoms with Crippen LogP contribution in [0.2, 0.25) is 0 Å². The molecule has 3 atom stereocenters. The number of hydrogen-bond acceptors (Lipinski definition) is 9. The van der Waals surface area contributed by atoms with E-state index in [0.29, 0.717) is 16.9 Å². The van der Waals surface area contributed by atoms with Crippen LogP contribution in [0.15, 0.2) is 95.7 Å². The Morgan fingerprint density at radius 1 is 1.00 bits per heavy atom. The molecular weight excluding hydrogens is 603 g/mol. The molecule has 0 saturated heterocycles. The number of methoxy groups -OCH3 is 1. The predicted molar refractivity (Wildman–Crippen MR) is 161 cm³/mol. The monoisotopic (exact) mass is 635 g/mol. The zero-order valence-corrected chi connectivity index (χ0v) is 25.3. The average molecular weight is 636 g/mol. The highest BCUT2D eigenvalue weighted by atomic mass is 19.4. The molecular formula is C34H32F3N3O6. The Bertz CT molecular complexity index is 1720. The molecule has 2 aromatic carbocycles. The van der Waals surface area contributed by atoms with Gasteiger partial charge in [-0.2, -0.15) is 13.2 Å². The third-order valence-electron chi connectivity index (χ3n) is 8.05. The van der Waals surface area contributed by atoms with Crippen LogP contribution < -0.4 is 15.4 Å². The molecule has 240 valence electrons. The third-order valence-corrected chi connectivity index (χ3v) is 8.05. The van der Waals surface area contributed by atoms with E-state index < -0.39 is 47.2 Å². The molecule has 9 nitrogen and oxygen atoms in total. The quantitative estimate of drug-likeness (QED) is 0.248. The molecule has 1 aliphatic carbocycles. The first kappa shape index (κ1) is 32.3. The fourth-order valence-electron chi connectivity index (χ4n) is 6.12. The van der Waals surface area contributed by atoms with Gasteiger partial charge in [0.25, 0.3) is 0 Å². The number of ether oxygens (including phenoxy) is 3. The van der Waals surface area contributed by atoms with Crippen LogP contribution in [0.3, 0.4) is 0 Å². The van der Waals surface area contributed by atoms with Crippen molar-refractivity contribution in [1.82, 2.24) is 4.98 Å². The first-order valence-electron chi connectivity index (χ1n) is 14.6. The van der Waals surface area contributed by atoms with Crippen LogP contribution in [-0.4, -0.2) is 43.0 Å². The summed E-state index contributed by atoms with van der Waals surface area (Å²) >= 11 is 0. The number of anilines is 1. The number of rotatable bonds is 8. The average Bonchev–Trinajstić information content (AvgIpc) is 3.04. The molecule has 1 aromatic heterocycles. The molecule has 46 heavy (non-hydrogen) atoms. The Kier molecular flexibility index (Phi) is 9.17. The number of esters is 2. The Balaban J connectivity index is 1.84. The minimum Gasteiger partial charge on any atom is -0.497 e. The Hall–Kier alpha value is -5.13. The van der Waals surface area contributed by atoms with E-state index in [4.69, 9.17) is 19.9 Å². The van der Waals surface area contributed by atoms with Crippen LogP contribution in [0.5, 0.6) is 5.75 Å². The second-order valence-electron chi connectivity index (χ2n) is 10.7. The topological polar surface area (TPSA) is 121 Å². The number of benzene rings is 2. The lowest BCUT2D eigenvalue weighted by Gasteiger charge is -2.44. The summed E-state index contributed by atoms with van der Waals surface area (Å²) in [7, 11) is 1.48. The van der Waals surface area contributed by atoms with Gasteiger partial charge in [0.05, 0.1) is 37.4 Å². The number of carbonyl (C=O) groups is 3. The lowest BCUT2D eigenvalue weighted by molar-refractivity contribution is -0.152. The van der Waals surface area contributed by atoms with Crippen LogP contribution in [0.1, 0.15) is 48.8 Å². The largest absolute Gasteiger partial charge is 0.497 e. The maximum Gasteiger partial charge on any atom is 0.416 e. The van der Waals surface area contributed by atoms with Crippen LogP contribution in [0.4, 0.5) is 18.9 Å². The van der Waals surface area contributed by atoms with Gasteiger partial charge in [-0.1, -0.05) is 24.3 Å². The number of allylic oxidation sites excluding steroid dienone is 2. The number of pyridine rings is 1. The van der Waals surface area contributed by atoms with Gasteiger partial charge in [0.2, 0.25) is 0 Å². The number of ketones is 1. The molecule has 2 heterocycles. The van der Waals surface area contributed by atoms with Gasteiger partial charge in [0.1, 0.15) is 17.5 Å². The van der Waals surface area contributed by atoms with Crippen molar-refractivity contribution in [3.63, 3.8) is 0 Å². The highest BCUT2D eigenvalue weighted by Crippen LogP contribution is 2.52. The Morgan fingerprint density at radius 2 is 1.72 bits per heavy atom. The Labute approximate surface area is 263 Å². The fourth-order valence-corrected chi connectivity index (χ4v) is 6.12. The molecule has 3 aromatic rings. The molecule has 12 heteroatoms. The van der Waals surface area contributed by atoms with Crippen molar-refractivity contribution >= 4 is 23.4 Å². The van der Waals surface area contributed by atoms with E-state index in [0.717, 1.165) is 12.1 Å². The summed E-state index contributed by atoms with van der Waals surface area (Å²) in [5.74, 6) is -5.35. The summed E-state index contributed by atoms with van der Waals surface area (Å²) < 4.78 is 57.9. The first-order chi connectivity index (χ1) is 22.0. The summed E-state index contributed by atoms with van der Waals surface area (Å²) in [5.41, 5.74) is 6.81. The maximum atomic E-state index is 14.8. The van der Waals surface area contributed by atoms with Crippen LogP contribution in [-0.2, 0) is 30.0 Å². The van der Waals surface area contributed by atoms with E-state index >= 15 is 0 Å². The molecule has 1 aliphatic heterocycles. The Morgan fingerprint density at radius 3 is 2.37 bits per heavy atom. The summed E-state index contributed by atoms with van der Waals surface area (Å²) in [5, 5.41) is 0. The predicted octanol–water partition coefficient (Wildman–Crippen LogP) is 5.64. The zero-order valence-electron chi connectivity index (χ0n) is 25.3. The summed E-state index contributed by atoms with van der Waals surface area (Å²) in [4.78, 5) is 47.5. The van der Waals surface area contributed by atoms with E-state index in [1.807, 2.05) is 0 Å². The summed E-state index contributed by atoms with van der Waals surface area (Å²) in [6, 6.07) is 14.5.